The molecule has 9 aromatic rings. The number of nitrogens with zero attached hydrogens (tertiary/aromatic N) is 3. The van der Waals surface area contributed by atoms with E-state index in [9.17, 15) is 0 Å². The summed E-state index contributed by atoms with van der Waals surface area (Å²) >= 11 is 1.86. The van der Waals surface area contributed by atoms with Crippen molar-refractivity contribution >= 4 is 42.6 Å². The second-order valence-corrected chi connectivity index (χ2v) is 14.3. The molecule has 4 nitrogen and oxygen atoms in total. The van der Waals surface area contributed by atoms with Crippen molar-refractivity contribution in [1.82, 2.24) is 15.0 Å². The summed E-state index contributed by atoms with van der Waals surface area (Å²) in [5.74, 6) is 1.26. The van der Waals surface area contributed by atoms with Crippen LogP contribution in [0.5, 0.6) is 0 Å². The maximum atomic E-state index is 6.13. The van der Waals surface area contributed by atoms with E-state index in [1.807, 2.05) is 47.7 Å². The molecule has 0 spiro atoms. The first-order valence-corrected chi connectivity index (χ1v) is 17.3. The van der Waals surface area contributed by atoms with Crippen molar-refractivity contribution < 1.29 is 4.42 Å². The Morgan fingerprint density at radius 1 is 0.551 bits per heavy atom. The van der Waals surface area contributed by atoms with E-state index >= 15 is 0 Å². The van der Waals surface area contributed by atoms with Gasteiger partial charge in [0, 0.05) is 53.4 Å². The maximum Gasteiger partial charge on any atom is 0.227 e. The molecule has 0 unspecified atom stereocenters. The molecule has 49 heavy (non-hydrogen) atoms. The lowest BCUT2D eigenvalue weighted by Crippen LogP contribution is -2.17. The van der Waals surface area contributed by atoms with Crippen LogP contribution in [0.1, 0.15) is 25.0 Å². The third kappa shape index (κ3) is 4.32. The van der Waals surface area contributed by atoms with Gasteiger partial charge < -0.3 is 4.42 Å². The lowest BCUT2D eigenvalue weighted by molar-refractivity contribution is 0.620. The van der Waals surface area contributed by atoms with Crippen LogP contribution in [-0.2, 0) is 5.41 Å². The van der Waals surface area contributed by atoms with Gasteiger partial charge in [0.2, 0.25) is 5.89 Å². The number of thiophene rings is 1. The molecule has 0 N–H and O–H groups in total. The molecule has 0 radical (unpaired) electrons. The average molecular weight is 648 g/mol. The Morgan fingerprint density at radius 2 is 1.24 bits per heavy atom. The number of hydrogen-bond donors (Lipinski definition) is 0. The molecule has 6 aromatic carbocycles. The molecule has 0 atom stereocenters. The fraction of sp³-hybridized carbons (Fsp3) is 0.0682. The number of para-hydroxylation sites is 2. The first kappa shape index (κ1) is 28.1. The highest BCUT2D eigenvalue weighted by Crippen LogP contribution is 2.51. The van der Waals surface area contributed by atoms with E-state index < -0.39 is 0 Å². The lowest BCUT2D eigenvalue weighted by Gasteiger charge is -2.24. The highest BCUT2D eigenvalue weighted by Gasteiger charge is 2.40. The van der Waals surface area contributed by atoms with Gasteiger partial charge in [-0.15, -0.1) is 11.3 Å². The van der Waals surface area contributed by atoms with Gasteiger partial charge in [0.05, 0.1) is 11.4 Å². The summed E-state index contributed by atoms with van der Waals surface area (Å²) in [6.45, 7) is 4.57. The zero-order valence-corrected chi connectivity index (χ0v) is 27.8. The number of benzene rings is 6. The molecular weight excluding hydrogens is 619 g/mol. The van der Waals surface area contributed by atoms with Gasteiger partial charge >= 0.3 is 0 Å². The summed E-state index contributed by atoms with van der Waals surface area (Å²) in [6.07, 6.45) is 0. The van der Waals surface area contributed by atoms with Gasteiger partial charge in [0.1, 0.15) is 5.52 Å². The van der Waals surface area contributed by atoms with Gasteiger partial charge in [-0.2, -0.15) is 0 Å². The smallest absolute Gasteiger partial charge is 0.227 e. The minimum Gasteiger partial charge on any atom is -0.436 e. The van der Waals surface area contributed by atoms with Gasteiger partial charge in [-0.3, -0.25) is 0 Å². The minimum atomic E-state index is -0.263. The van der Waals surface area contributed by atoms with Crippen molar-refractivity contribution in [3.8, 4) is 56.5 Å². The Hall–Kier alpha value is -5.91. The largest absolute Gasteiger partial charge is 0.436 e. The van der Waals surface area contributed by atoms with Crippen LogP contribution in [0.4, 0.5) is 0 Å². The molecule has 0 aliphatic heterocycles. The van der Waals surface area contributed by atoms with Crippen LogP contribution in [0.3, 0.4) is 0 Å². The van der Waals surface area contributed by atoms with E-state index in [4.69, 9.17) is 19.4 Å². The first-order chi connectivity index (χ1) is 24.0. The van der Waals surface area contributed by atoms with E-state index in [1.165, 1.54) is 36.9 Å². The molecule has 0 bridgehead atoms. The van der Waals surface area contributed by atoms with E-state index in [-0.39, 0.29) is 5.41 Å². The molecule has 0 amide bonds. The van der Waals surface area contributed by atoms with Crippen LogP contribution in [-0.4, -0.2) is 15.0 Å². The zero-order valence-electron chi connectivity index (χ0n) is 26.9. The van der Waals surface area contributed by atoms with Crippen molar-refractivity contribution in [2.75, 3.05) is 0 Å². The van der Waals surface area contributed by atoms with Gasteiger partial charge in [-0.25, -0.2) is 15.0 Å². The monoisotopic (exact) mass is 647 g/mol. The van der Waals surface area contributed by atoms with Crippen molar-refractivity contribution in [3.63, 3.8) is 0 Å². The molecule has 1 aliphatic carbocycles. The molecule has 10 rings (SSSR count). The topological polar surface area (TPSA) is 51.8 Å². The van der Waals surface area contributed by atoms with Gasteiger partial charge in [0.25, 0.3) is 0 Å². The Kier molecular flexibility index (Phi) is 6.05. The van der Waals surface area contributed by atoms with Crippen LogP contribution in [0.25, 0.3) is 87.8 Å². The number of oxazole rings is 1. The minimum absolute atomic E-state index is 0.263. The van der Waals surface area contributed by atoms with Crippen molar-refractivity contribution in [1.29, 1.82) is 0 Å². The summed E-state index contributed by atoms with van der Waals surface area (Å²) in [7, 11) is 0. The van der Waals surface area contributed by atoms with Crippen molar-refractivity contribution in [2.45, 2.75) is 19.3 Å². The van der Waals surface area contributed by atoms with Crippen LogP contribution in [0.2, 0.25) is 0 Å². The maximum absolute atomic E-state index is 6.13. The van der Waals surface area contributed by atoms with E-state index in [2.05, 4.69) is 117 Å². The third-order valence-corrected chi connectivity index (χ3v) is 11.1. The summed E-state index contributed by atoms with van der Waals surface area (Å²) in [4.78, 5) is 15.4. The normalized spacial score (nSPS) is 13.3. The Bertz CT molecular complexity index is 2720. The molecule has 0 fully saturated rings. The standard InChI is InChI=1S/C44H29N3OS/c1-44(2)34-17-5-3-14-33(34)40-38(44)39(46-42(47-40)28-11-9-12-29(25-28)43-45-35-18-6-7-19-36(35)48-43)27-23-21-26(22-24-27)30-15-10-16-32-31-13-4-8-20-37(31)49-41(30)32/h3-25H,1-2H3. The number of aromatic nitrogens is 3. The SMILES string of the molecule is CC1(C)c2ccccc2-c2nc(-c3cccc(-c4nc5ccccc5o4)c3)nc(-c3ccc(-c4cccc5c4sc4ccccc45)cc3)c21. The van der Waals surface area contributed by atoms with Crippen molar-refractivity contribution in [2.24, 2.45) is 0 Å². The summed E-state index contributed by atoms with van der Waals surface area (Å²) in [6, 6.07) is 48.9. The summed E-state index contributed by atoms with van der Waals surface area (Å²) < 4.78 is 8.76. The third-order valence-electron chi connectivity index (χ3n) is 9.92. The second-order valence-electron chi connectivity index (χ2n) is 13.2. The quantitative estimate of drug-likeness (QED) is 0.191. The predicted molar refractivity (Wildman–Crippen MR) is 202 cm³/mol. The number of fused-ring (bicyclic) bond motifs is 7. The molecule has 1 aliphatic rings. The average Bonchev–Trinajstić information content (AvgIpc) is 3.82. The Balaban J connectivity index is 1.13. The van der Waals surface area contributed by atoms with Crippen LogP contribution >= 0.6 is 11.3 Å². The Morgan fingerprint density at radius 3 is 2.14 bits per heavy atom. The summed E-state index contributed by atoms with van der Waals surface area (Å²) in [5.41, 5.74) is 12.2. The highest BCUT2D eigenvalue weighted by atomic mass is 32.1. The first-order valence-electron chi connectivity index (χ1n) is 16.5. The molecule has 0 saturated heterocycles. The predicted octanol–water partition coefficient (Wildman–Crippen LogP) is 12.0. The molecule has 3 heterocycles. The van der Waals surface area contributed by atoms with Gasteiger partial charge in [-0.05, 0) is 47.0 Å². The van der Waals surface area contributed by atoms with E-state index in [1.54, 1.807) is 0 Å². The fourth-order valence-electron chi connectivity index (χ4n) is 7.52. The van der Waals surface area contributed by atoms with E-state index in [0.717, 1.165) is 50.3 Å². The van der Waals surface area contributed by atoms with Gasteiger partial charge in [0.15, 0.2) is 11.4 Å². The number of rotatable bonds is 4. The van der Waals surface area contributed by atoms with Crippen molar-refractivity contribution in [3.05, 3.63) is 151 Å². The fourth-order valence-corrected chi connectivity index (χ4v) is 8.76. The van der Waals surface area contributed by atoms with Crippen LogP contribution < -0.4 is 0 Å². The second kappa shape index (κ2) is 10.5. The molecular formula is C44H29N3OS. The Labute approximate surface area is 287 Å². The number of hydrogen-bond acceptors (Lipinski definition) is 5. The molecule has 0 saturated carbocycles. The lowest BCUT2D eigenvalue weighted by atomic mass is 9.80. The van der Waals surface area contributed by atoms with Gasteiger partial charge in [-0.1, -0.05) is 123 Å². The molecule has 3 aromatic heterocycles. The molecule has 232 valence electrons. The highest BCUT2D eigenvalue weighted by molar-refractivity contribution is 7.26. The zero-order chi connectivity index (χ0) is 32.7. The van der Waals surface area contributed by atoms with E-state index in [0.29, 0.717) is 11.7 Å². The van der Waals surface area contributed by atoms with Crippen LogP contribution in [0.15, 0.2) is 144 Å². The summed E-state index contributed by atoms with van der Waals surface area (Å²) in [5, 5.41) is 2.62. The van der Waals surface area contributed by atoms with Crippen LogP contribution in [0, 0.1) is 0 Å². The molecule has 5 heteroatoms.